The van der Waals surface area contributed by atoms with Gasteiger partial charge in [-0.1, -0.05) is 25.9 Å². The summed E-state index contributed by atoms with van der Waals surface area (Å²) in [6.45, 7) is 5.62. The summed E-state index contributed by atoms with van der Waals surface area (Å²) in [7, 11) is -8.76. The number of benzene rings is 1. The number of sulfone groups is 1. The van der Waals surface area contributed by atoms with Crippen LogP contribution in [0.4, 0.5) is 17.2 Å². The number of carbonyl (C=O) groups excluding carboxylic acids is 1. The number of sulfonamides is 1. The highest BCUT2D eigenvalue weighted by Crippen LogP contribution is 2.32. The highest BCUT2D eigenvalue weighted by Gasteiger charge is 2.33. The molecule has 1 saturated carbocycles. The molecule has 0 unspecified atom stereocenters. The number of nitrogens with zero attached hydrogens (tertiary/aromatic N) is 3. The largest absolute Gasteiger partial charge is 0.395 e. The number of amides is 1. The number of aliphatic hydroxyl groups is 1. The number of anilines is 3. The highest BCUT2D eigenvalue weighted by molar-refractivity contribution is 7.92. The molecule has 14 heteroatoms. The summed E-state index contributed by atoms with van der Waals surface area (Å²) in [4.78, 5) is 23.6. The van der Waals surface area contributed by atoms with E-state index in [2.05, 4.69) is 38.0 Å². The van der Waals surface area contributed by atoms with E-state index in [9.17, 15) is 21.6 Å². The van der Waals surface area contributed by atoms with E-state index in [1.807, 2.05) is 0 Å². The second kappa shape index (κ2) is 11.3. The van der Waals surface area contributed by atoms with Crippen molar-refractivity contribution in [1.82, 2.24) is 9.97 Å². The predicted molar refractivity (Wildman–Crippen MR) is 150 cm³/mol. The molecule has 2 aliphatic rings. The minimum Gasteiger partial charge on any atom is -0.395 e. The van der Waals surface area contributed by atoms with Crippen LogP contribution in [0.2, 0.25) is 25.2 Å². The van der Waals surface area contributed by atoms with E-state index in [4.69, 9.17) is 5.11 Å². The Balaban J connectivity index is 1.62. The number of rotatable bonds is 9. The molecule has 0 spiro atoms. The van der Waals surface area contributed by atoms with Crippen molar-refractivity contribution < 1.29 is 26.7 Å². The van der Waals surface area contributed by atoms with E-state index >= 15 is 0 Å². The van der Waals surface area contributed by atoms with E-state index in [0.717, 1.165) is 38.0 Å². The molecule has 2 aromatic rings. The first-order valence-corrected chi connectivity index (χ1v) is 19.4. The molecule has 1 aliphatic heterocycles. The third kappa shape index (κ3) is 6.71. The summed E-state index contributed by atoms with van der Waals surface area (Å²) in [5.74, 6) is -0.851. The van der Waals surface area contributed by atoms with Crippen LogP contribution in [-0.2, 0) is 19.9 Å². The Morgan fingerprint density at radius 2 is 1.79 bits per heavy atom. The van der Waals surface area contributed by atoms with Crippen molar-refractivity contribution in [2.24, 2.45) is 0 Å². The van der Waals surface area contributed by atoms with Crippen molar-refractivity contribution in [3.8, 4) is 0 Å². The number of hydrogen-bond donors (Lipinski definition) is 3. The molecule has 2 heterocycles. The van der Waals surface area contributed by atoms with Gasteiger partial charge in [0.05, 0.1) is 42.6 Å². The Hall–Kier alpha value is -2.55. The molecule has 2 fully saturated rings. The molecular weight excluding hydrogens is 547 g/mol. The number of carbonyl (C=O) groups is 1. The summed E-state index contributed by atoms with van der Waals surface area (Å²) < 4.78 is 52.8. The van der Waals surface area contributed by atoms with Crippen molar-refractivity contribution in [2.75, 3.05) is 40.4 Å². The summed E-state index contributed by atoms with van der Waals surface area (Å²) >= 11 is 0. The number of aliphatic hydroxyl groups excluding tert-OH is 1. The van der Waals surface area contributed by atoms with Crippen LogP contribution >= 0.6 is 0 Å². The van der Waals surface area contributed by atoms with Crippen LogP contribution in [0.25, 0.3) is 0 Å². The molecule has 0 radical (unpaired) electrons. The third-order valence-corrected chi connectivity index (χ3v) is 13.7. The summed E-state index contributed by atoms with van der Waals surface area (Å²) in [6.07, 6.45) is 4.18. The smallest absolute Gasteiger partial charge is 0.258 e. The monoisotopic (exact) mass is 581 g/mol. The van der Waals surface area contributed by atoms with Gasteiger partial charge in [0.1, 0.15) is 5.82 Å². The van der Waals surface area contributed by atoms with Crippen LogP contribution in [-0.4, -0.2) is 76.6 Å². The van der Waals surface area contributed by atoms with Crippen molar-refractivity contribution in [3.05, 3.63) is 36.0 Å². The quantitative estimate of drug-likeness (QED) is 0.299. The van der Waals surface area contributed by atoms with Gasteiger partial charge in [0.2, 0.25) is 25.0 Å². The second-order valence-electron chi connectivity index (χ2n) is 10.7. The lowest BCUT2D eigenvalue weighted by atomic mass is 10.1. The maximum atomic E-state index is 13.4. The van der Waals surface area contributed by atoms with Crippen molar-refractivity contribution in [3.63, 3.8) is 0 Å². The molecule has 1 aromatic carbocycles. The predicted octanol–water partition coefficient (Wildman–Crippen LogP) is 2.71. The van der Waals surface area contributed by atoms with Gasteiger partial charge in [-0.25, -0.2) is 26.8 Å². The molecule has 4 rings (SSSR count). The second-order valence-corrected chi connectivity index (χ2v) is 19.9. The molecule has 0 bridgehead atoms. The Labute approximate surface area is 225 Å². The number of nitrogens with one attached hydrogen (secondary N) is 2. The van der Waals surface area contributed by atoms with Gasteiger partial charge in [-0.05, 0) is 49.2 Å². The van der Waals surface area contributed by atoms with Crippen LogP contribution in [0.3, 0.4) is 0 Å². The molecular formula is C24H35N5O6S2Si. The molecule has 0 atom stereocenters. The van der Waals surface area contributed by atoms with Gasteiger partial charge < -0.3 is 15.3 Å². The van der Waals surface area contributed by atoms with E-state index in [0.29, 0.717) is 29.8 Å². The Morgan fingerprint density at radius 3 is 2.45 bits per heavy atom. The maximum Gasteiger partial charge on any atom is 0.258 e. The average Bonchev–Trinajstić information content (AvgIpc) is 3.40. The lowest BCUT2D eigenvalue weighted by Crippen LogP contribution is -2.43. The summed E-state index contributed by atoms with van der Waals surface area (Å²) in [5, 5.41) is 11.0. The van der Waals surface area contributed by atoms with Crippen LogP contribution < -0.4 is 14.9 Å². The van der Waals surface area contributed by atoms with Crippen molar-refractivity contribution in [1.29, 1.82) is 0 Å². The van der Waals surface area contributed by atoms with Gasteiger partial charge in [0, 0.05) is 19.3 Å². The molecule has 1 amide bonds. The fourth-order valence-electron chi connectivity index (χ4n) is 4.83. The minimum absolute atomic E-state index is 0.0763. The number of hydrogen-bond acceptors (Lipinski definition) is 9. The lowest BCUT2D eigenvalue weighted by molar-refractivity contribution is 0.102. The fraction of sp³-hybridized carbons (Fsp3) is 0.542. The average molecular weight is 582 g/mol. The molecule has 38 heavy (non-hydrogen) atoms. The van der Waals surface area contributed by atoms with Gasteiger partial charge in [-0.3, -0.25) is 9.52 Å². The van der Waals surface area contributed by atoms with Gasteiger partial charge in [-0.2, -0.15) is 0 Å². The molecule has 1 saturated heterocycles. The zero-order chi connectivity index (χ0) is 27.6. The first-order valence-electron chi connectivity index (χ1n) is 12.8. The fourth-order valence-corrected chi connectivity index (χ4v) is 9.35. The molecule has 1 aliphatic carbocycles. The Bertz CT molecular complexity index is 1380. The van der Waals surface area contributed by atoms with E-state index < -0.39 is 51.5 Å². The lowest BCUT2D eigenvalue weighted by Gasteiger charge is -2.38. The first-order chi connectivity index (χ1) is 17.9. The van der Waals surface area contributed by atoms with Gasteiger partial charge in [-0.15, -0.1) is 0 Å². The topological polar surface area (TPSA) is 159 Å². The minimum atomic E-state index is -3.74. The van der Waals surface area contributed by atoms with Crippen molar-refractivity contribution in [2.45, 2.75) is 61.3 Å². The van der Waals surface area contributed by atoms with Crippen LogP contribution in [0.15, 0.2) is 35.6 Å². The molecule has 11 nitrogen and oxygen atoms in total. The molecule has 3 N–H and O–H groups in total. The van der Waals surface area contributed by atoms with E-state index in [-0.39, 0.29) is 11.0 Å². The molecule has 1 aromatic heterocycles. The van der Waals surface area contributed by atoms with Gasteiger partial charge in [0.25, 0.3) is 5.91 Å². The van der Waals surface area contributed by atoms with Gasteiger partial charge in [0.15, 0.2) is 0 Å². The van der Waals surface area contributed by atoms with Crippen LogP contribution in [0, 0.1) is 0 Å². The summed E-state index contributed by atoms with van der Waals surface area (Å²) in [6, 6.07) is 8.16. The van der Waals surface area contributed by atoms with Crippen molar-refractivity contribution >= 4 is 51.0 Å². The maximum absolute atomic E-state index is 13.4. The SMILES string of the molecule is C[Si]1(C)CCN(c2cc(NS(=O)(=O)CCO)ccc2C(=O)Nc2ccnc(S(=O)(=O)C3CCCC3)n2)CC1. The standard InChI is InChI=1S/C24H35N5O6S2Si/c1-38(2)15-11-29(12-16-38)21-17-18(28-36(32,33)14-13-30)7-8-20(21)23(31)26-22-9-10-25-24(27-22)37(34,35)19-5-3-4-6-19/h7-10,17,19,28,30H,3-6,11-16H2,1-2H3,(H,25,26,27,31). The van der Waals surface area contributed by atoms with Gasteiger partial charge >= 0.3 is 0 Å². The van der Waals surface area contributed by atoms with E-state index in [1.165, 1.54) is 24.4 Å². The Morgan fingerprint density at radius 1 is 1.11 bits per heavy atom. The highest BCUT2D eigenvalue weighted by atomic mass is 32.2. The normalized spacial score (nSPS) is 18.3. The number of aromatic nitrogens is 2. The zero-order valence-corrected chi connectivity index (χ0v) is 24.3. The Kier molecular flexibility index (Phi) is 8.45. The summed E-state index contributed by atoms with van der Waals surface area (Å²) in [5.41, 5.74) is 1.18. The first kappa shape index (κ1) is 28.5. The third-order valence-electron chi connectivity index (χ3n) is 7.20. The molecule has 208 valence electrons. The van der Waals surface area contributed by atoms with Crippen LogP contribution in [0.5, 0.6) is 0 Å². The zero-order valence-electron chi connectivity index (χ0n) is 21.7. The van der Waals surface area contributed by atoms with E-state index in [1.54, 1.807) is 6.07 Å². The van der Waals surface area contributed by atoms with Crippen LogP contribution in [0.1, 0.15) is 36.0 Å².